The van der Waals surface area contributed by atoms with Gasteiger partial charge in [-0.05, 0) is 42.7 Å². The standard InChI is InChI=1S/C16H18N2O3/c1-3-21-15-6-4-12(5-7-15)16(17)13-8-11(2)9-14(10-13)18(19)20/h4-10,16H,3,17H2,1-2H3. The molecule has 0 fully saturated rings. The predicted octanol–water partition coefficient (Wildman–Crippen LogP) is 3.35. The van der Waals surface area contributed by atoms with Crippen molar-refractivity contribution in [2.45, 2.75) is 19.9 Å². The summed E-state index contributed by atoms with van der Waals surface area (Å²) in [5, 5.41) is 10.9. The first-order chi connectivity index (χ1) is 10.0. The van der Waals surface area contributed by atoms with Gasteiger partial charge in [0.05, 0.1) is 17.6 Å². The summed E-state index contributed by atoms with van der Waals surface area (Å²) in [6, 6.07) is 12.0. The van der Waals surface area contributed by atoms with Crippen molar-refractivity contribution in [3.05, 3.63) is 69.3 Å². The van der Waals surface area contributed by atoms with Gasteiger partial charge in [-0.25, -0.2) is 0 Å². The number of ether oxygens (including phenoxy) is 1. The lowest BCUT2D eigenvalue weighted by Crippen LogP contribution is -2.12. The molecule has 2 aromatic rings. The van der Waals surface area contributed by atoms with Gasteiger partial charge in [-0.3, -0.25) is 10.1 Å². The Kier molecular flexibility index (Phi) is 4.55. The van der Waals surface area contributed by atoms with Gasteiger partial charge >= 0.3 is 0 Å². The molecule has 0 amide bonds. The highest BCUT2D eigenvalue weighted by Gasteiger charge is 2.14. The third-order valence-electron chi connectivity index (χ3n) is 3.20. The molecule has 1 atom stereocenters. The number of hydrogen-bond donors (Lipinski definition) is 1. The van der Waals surface area contributed by atoms with E-state index in [2.05, 4.69) is 0 Å². The monoisotopic (exact) mass is 286 g/mol. The third kappa shape index (κ3) is 3.58. The summed E-state index contributed by atoms with van der Waals surface area (Å²) in [4.78, 5) is 10.5. The predicted molar refractivity (Wildman–Crippen MR) is 81.5 cm³/mol. The highest BCUT2D eigenvalue weighted by Crippen LogP contribution is 2.26. The van der Waals surface area contributed by atoms with Crippen LogP contribution in [0.5, 0.6) is 5.75 Å². The maximum absolute atomic E-state index is 10.9. The van der Waals surface area contributed by atoms with Crippen LogP contribution < -0.4 is 10.5 Å². The molecule has 110 valence electrons. The maximum atomic E-state index is 10.9. The van der Waals surface area contributed by atoms with E-state index in [4.69, 9.17) is 10.5 Å². The van der Waals surface area contributed by atoms with Crippen LogP contribution in [0.1, 0.15) is 29.7 Å². The van der Waals surface area contributed by atoms with Crippen LogP contribution in [0.4, 0.5) is 5.69 Å². The van der Waals surface area contributed by atoms with Gasteiger partial charge in [0, 0.05) is 12.1 Å². The quantitative estimate of drug-likeness (QED) is 0.675. The number of nitro benzene ring substituents is 1. The Labute approximate surface area is 123 Å². The Morgan fingerprint density at radius 1 is 1.19 bits per heavy atom. The Morgan fingerprint density at radius 3 is 2.43 bits per heavy atom. The van der Waals surface area contributed by atoms with Crippen LogP contribution in [0.3, 0.4) is 0 Å². The van der Waals surface area contributed by atoms with Crippen molar-refractivity contribution in [3.8, 4) is 5.75 Å². The zero-order chi connectivity index (χ0) is 15.4. The normalized spacial score (nSPS) is 12.0. The summed E-state index contributed by atoms with van der Waals surface area (Å²) in [6.07, 6.45) is 0. The van der Waals surface area contributed by atoms with Crippen LogP contribution in [0, 0.1) is 17.0 Å². The molecule has 0 bridgehead atoms. The molecule has 2 aromatic carbocycles. The lowest BCUT2D eigenvalue weighted by atomic mass is 9.97. The number of nitrogens with two attached hydrogens (primary N) is 1. The Bertz CT molecular complexity index is 638. The molecule has 0 aliphatic carbocycles. The molecule has 5 heteroatoms. The fraction of sp³-hybridized carbons (Fsp3) is 0.250. The maximum Gasteiger partial charge on any atom is 0.270 e. The minimum Gasteiger partial charge on any atom is -0.494 e. The molecule has 0 aliphatic heterocycles. The molecule has 0 saturated heterocycles. The first-order valence-electron chi connectivity index (χ1n) is 6.75. The summed E-state index contributed by atoms with van der Waals surface area (Å²) in [5.74, 6) is 0.781. The second-order valence-corrected chi connectivity index (χ2v) is 4.84. The van der Waals surface area contributed by atoms with Gasteiger partial charge in [0.15, 0.2) is 0 Å². The summed E-state index contributed by atoms with van der Waals surface area (Å²) in [5.41, 5.74) is 8.71. The van der Waals surface area contributed by atoms with Crippen molar-refractivity contribution in [2.75, 3.05) is 6.61 Å². The minimum absolute atomic E-state index is 0.0615. The van der Waals surface area contributed by atoms with E-state index >= 15 is 0 Å². The van der Waals surface area contributed by atoms with Crippen molar-refractivity contribution in [1.29, 1.82) is 0 Å². The number of nitro groups is 1. The highest BCUT2D eigenvalue weighted by molar-refractivity contribution is 5.43. The second kappa shape index (κ2) is 6.37. The van der Waals surface area contributed by atoms with Crippen molar-refractivity contribution >= 4 is 5.69 Å². The third-order valence-corrected chi connectivity index (χ3v) is 3.20. The molecular weight excluding hydrogens is 268 g/mol. The van der Waals surface area contributed by atoms with E-state index in [-0.39, 0.29) is 5.69 Å². The molecular formula is C16H18N2O3. The van der Waals surface area contributed by atoms with Crippen molar-refractivity contribution in [2.24, 2.45) is 5.73 Å². The van der Waals surface area contributed by atoms with E-state index in [1.54, 1.807) is 0 Å². The largest absolute Gasteiger partial charge is 0.494 e. The lowest BCUT2D eigenvalue weighted by molar-refractivity contribution is -0.385. The summed E-state index contributed by atoms with van der Waals surface area (Å²) >= 11 is 0. The topological polar surface area (TPSA) is 78.4 Å². The summed E-state index contributed by atoms with van der Waals surface area (Å²) in [6.45, 7) is 4.35. The van der Waals surface area contributed by atoms with E-state index in [0.29, 0.717) is 6.61 Å². The molecule has 0 heterocycles. The molecule has 5 nitrogen and oxygen atoms in total. The number of rotatable bonds is 5. The van der Waals surface area contributed by atoms with Gasteiger partial charge < -0.3 is 10.5 Å². The average Bonchev–Trinajstić information content (AvgIpc) is 2.47. The molecule has 0 saturated carbocycles. The zero-order valence-electron chi connectivity index (χ0n) is 12.1. The van der Waals surface area contributed by atoms with E-state index < -0.39 is 11.0 Å². The molecule has 0 aromatic heterocycles. The molecule has 2 rings (SSSR count). The van der Waals surface area contributed by atoms with Crippen LogP contribution in [0.2, 0.25) is 0 Å². The van der Waals surface area contributed by atoms with Gasteiger partial charge in [-0.2, -0.15) is 0 Å². The van der Waals surface area contributed by atoms with E-state index in [9.17, 15) is 10.1 Å². The van der Waals surface area contributed by atoms with Crippen LogP contribution in [-0.4, -0.2) is 11.5 Å². The van der Waals surface area contributed by atoms with Gasteiger partial charge in [-0.15, -0.1) is 0 Å². The summed E-state index contributed by atoms with van der Waals surface area (Å²) in [7, 11) is 0. The van der Waals surface area contributed by atoms with E-state index in [1.165, 1.54) is 12.1 Å². The van der Waals surface area contributed by atoms with Gasteiger partial charge in [0.25, 0.3) is 5.69 Å². The van der Waals surface area contributed by atoms with E-state index in [0.717, 1.165) is 22.4 Å². The van der Waals surface area contributed by atoms with Gasteiger partial charge in [0.1, 0.15) is 5.75 Å². The molecule has 0 spiro atoms. The molecule has 0 aliphatic rings. The van der Waals surface area contributed by atoms with Crippen LogP contribution in [0.25, 0.3) is 0 Å². The number of aryl methyl sites for hydroxylation is 1. The Morgan fingerprint density at radius 2 is 1.86 bits per heavy atom. The van der Waals surface area contributed by atoms with Gasteiger partial charge in [0.2, 0.25) is 0 Å². The van der Waals surface area contributed by atoms with Crippen LogP contribution >= 0.6 is 0 Å². The summed E-state index contributed by atoms with van der Waals surface area (Å²) < 4.78 is 5.39. The fourth-order valence-corrected chi connectivity index (χ4v) is 2.21. The smallest absolute Gasteiger partial charge is 0.270 e. The van der Waals surface area contributed by atoms with Crippen molar-refractivity contribution in [3.63, 3.8) is 0 Å². The first-order valence-corrected chi connectivity index (χ1v) is 6.75. The Hall–Kier alpha value is -2.40. The van der Waals surface area contributed by atoms with E-state index in [1.807, 2.05) is 44.2 Å². The number of benzene rings is 2. The average molecular weight is 286 g/mol. The number of hydrogen-bond acceptors (Lipinski definition) is 4. The molecule has 0 radical (unpaired) electrons. The molecule has 2 N–H and O–H groups in total. The fourth-order valence-electron chi connectivity index (χ4n) is 2.21. The zero-order valence-corrected chi connectivity index (χ0v) is 12.1. The van der Waals surface area contributed by atoms with Crippen LogP contribution in [-0.2, 0) is 0 Å². The molecule has 1 unspecified atom stereocenters. The lowest BCUT2D eigenvalue weighted by Gasteiger charge is -2.14. The number of non-ortho nitro benzene ring substituents is 1. The van der Waals surface area contributed by atoms with Crippen LogP contribution in [0.15, 0.2) is 42.5 Å². The van der Waals surface area contributed by atoms with Crippen molar-refractivity contribution < 1.29 is 9.66 Å². The molecule has 21 heavy (non-hydrogen) atoms. The highest BCUT2D eigenvalue weighted by atomic mass is 16.6. The SMILES string of the molecule is CCOc1ccc(C(N)c2cc(C)cc([N+](=O)[O-])c2)cc1. The Balaban J connectivity index is 2.30. The second-order valence-electron chi connectivity index (χ2n) is 4.84. The first kappa shape index (κ1) is 15.0. The van der Waals surface area contributed by atoms with Gasteiger partial charge in [-0.1, -0.05) is 18.2 Å². The number of nitrogens with zero attached hydrogens (tertiary/aromatic N) is 1. The van der Waals surface area contributed by atoms with Crippen molar-refractivity contribution in [1.82, 2.24) is 0 Å². The minimum atomic E-state index is -0.403.